The van der Waals surface area contributed by atoms with Crippen molar-refractivity contribution in [1.82, 2.24) is 4.90 Å². The minimum absolute atomic E-state index is 0.208. The Morgan fingerprint density at radius 2 is 2.00 bits per heavy atom. The smallest absolute Gasteiger partial charge is 0.417 e. The van der Waals surface area contributed by atoms with Gasteiger partial charge in [0.05, 0.1) is 42.1 Å². The molecule has 0 aliphatic carbocycles. The van der Waals surface area contributed by atoms with E-state index in [4.69, 9.17) is 14.7 Å². The fourth-order valence-corrected chi connectivity index (χ4v) is 3.79. The summed E-state index contributed by atoms with van der Waals surface area (Å²) in [6.07, 6.45) is -4.64. The van der Waals surface area contributed by atoms with Crippen LogP contribution in [0.1, 0.15) is 18.1 Å². The number of halogens is 3. The molecule has 0 saturated carbocycles. The quantitative estimate of drug-likeness (QED) is 0.691. The maximum atomic E-state index is 13.4. The summed E-state index contributed by atoms with van der Waals surface area (Å²) < 4.78 is 51.0. The van der Waals surface area contributed by atoms with E-state index in [2.05, 4.69) is 5.32 Å². The molecule has 1 heterocycles. The summed E-state index contributed by atoms with van der Waals surface area (Å²) in [5.74, 6) is 0.549. The number of ether oxygens (including phenoxy) is 2. The average Bonchev–Trinajstić information content (AvgIpc) is 2.79. The Labute approximate surface area is 190 Å². The summed E-state index contributed by atoms with van der Waals surface area (Å²) >= 11 is 0. The van der Waals surface area contributed by atoms with Crippen LogP contribution in [0.4, 0.5) is 29.3 Å². The maximum Gasteiger partial charge on any atom is 0.417 e. The summed E-state index contributed by atoms with van der Waals surface area (Å²) in [7, 11) is 1.50. The normalized spacial score (nSPS) is 16.3. The van der Waals surface area contributed by atoms with Gasteiger partial charge in [-0.3, -0.25) is 0 Å². The van der Waals surface area contributed by atoms with Gasteiger partial charge in [-0.25, -0.2) is 4.79 Å². The number of amides is 2. The number of nitrogens with zero attached hydrogens (tertiary/aromatic N) is 3. The SMILES string of the molecule is CCOc1ccccc1NC(=O)N1CCN(c2ccc(C#N)c(C(F)(F)F)c2)CC1COC. The largest absolute Gasteiger partial charge is 0.492 e. The summed E-state index contributed by atoms with van der Waals surface area (Å²) in [5, 5.41) is 11.9. The zero-order valence-corrected chi connectivity index (χ0v) is 18.4. The molecule has 1 N–H and O–H groups in total. The standard InChI is InChI=1S/C23H25F3N4O3/c1-3-33-21-7-5-4-6-20(21)28-22(31)30-11-10-29(14-18(30)15-32-2)17-9-8-16(13-27)19(12-17)23(24,25)26/h4-9,12,18H,3,10-11,14-15H2,1-2H3,(H,28,31). The number of methoxy groups -OCH3 is 1. The van der Waals surface area contributed by atoms with Gasteiger partial charge in [-0.15, -0.1) is 0 Å². The van der Waals surface area contributed by atoms with Gasteiger partial charge in [0.15, 0.2) is 0 Å². The molecule has 1 unspecified atom stereocenters. The fourth-order valence-electron chi connectivity index (χ4n) is 3.79. The molecule has 1 fully saturated rings. The molecule has 2 amide bonds. The third kappa shape index (κ3) is 5.68. The molecule has 7 nitrogen and oxygen atoms in total. The minimum Gasteiger partial charge on any atom is -0.492 e. The molecule has 0 spiro atoms. The number of rotatable bonds is 6. The number of nitriles is 1. The zero-order chi connectivity index (χ0) is 24.0. The van der Waals surface area contributed by atoms with Crippen LogP contribution in [0, 0.1) is 11.3 Å². The van der Waals surface area contributed by atoms with E-state index < -0.39 is 23.3 Å². The zero-order valence-electron chi connectivity index (χ0n) is 18.4. The second-order valence-corrected chi connectivity index (χ2v) is 7.45. The molecule has 1 atom stereocenters. The predicted molar refractivity (Wildman–Crippen MR) is 117 cm³/mol. The van der Waals surface area contributed by atoms with Crippen LogP contribution in [-0.2, 0) is 10.9 Å². The van der Waals surface area contributed by atoms with Gasteiger partial charge < -0.3 is 24.6 Å². The van der Waals surface area contributed by atoms with Crippen molar-refractivity contribution in [1.29, 1.82) is 5.26 Å². The number of benzene rings is 2. The monoisotopic (exact) mass is 462 g/mol. The van der Waals surface area contributed by atoms with E-state index in [-0.39, 0.29) is 25.7 Å². The Morgan fingerprint density at radius 1 is 1.24 bits per heavy atom. The molecule has 10 heteroatoms. The Kier molecular flexibility index (Phi) is 7.66. The highest BCUT2D eigenvalue weighted by atomic mass is 19.4. The maximum absolute atomic E-state index is 13.4. The number of piperazine rings is 1. The van der Waals surface area contributed by atoms with Crippen LogP contribution in [0.15, 0.2) is 42.5 Å². The lowest BCUT2D eigenvalue weighted by molar-refractivity contribution is -0.137. The van der Waals surface area contributed by atoms with Crippen molar-refractivity contribution < 1.29 is 27.4 Å². The lowest BCUT2D eigenvalue weighted by Crippen LogP contribution is -2.58. The molecule has 0 aromatic heterocycles. The molecule has 2 aromatic carbocycles. The van der Waals surface area contributed by atoms with Crippen molar-refractivity contribution in [2.45, 2.75) is 19.1 Å². The van der Waals surface area contributed by atoms with Gasteiger partial charge >= 0.3 is 12.2 Å². The lowest BCUT2D eigenvalue weighted by atomic mass is 10.1. The first-order valence-electron chi connectivity index (χ1n) is 10.4. The van der Waals surface area contributed by atoms with Crippen LogP contribution in [0.2, 0.25) is 0 Å². The number of urea groups is 1. The first kappa shape index (κ1) is 24.2. The van der Waals surface area contributed by atoms with E-state index in [9.17, 15) is 18.0 Å². The number of anilines is 2. The molecular formula is C23H25F3N4O3. The minimum atomic E-state index is -4.64. The van der Waals surface area contributed by atoms with Crippen LogP contribution >= 0.6 is 0 Å². The van der Waals surface area contributed by atoms with Crippen LogP contribution < -0.4 is 15.0 Å². The van der Waals surface area contributed by atoms with Crippen molar-refractivity contribution in [2.24, 2.45) is 0 Å². The Balaban J connectivity index is 1.79. The van der Waals surface area contributed by atoms with Crippen LogP contribution in [0.3, 0.4) is 0 Å². The molecule has 1 aliphatic heterocycles. The van der Waals surface area contributed by atoms with Gasteiger partial charge in [-0.05, 0) is 37.3 Å². The molecule has 0 radical (unpaired) electrons. The molecule has 1 saturated heterocycles. The number of carbonyl (C=O) groups excluding carboxylic acids is 1. The molecule has 176 valence electrons. The highest BCUT2D eigenvalue weighted by molar-refractivity contribution is 5.91. The molecule has 33 heavy (non-hydrogen) atoms. The van der Waals surface area contributed by atoms with Gasteiger partial charge in [0.25, 0.3) is 0 Å². The number of para-hydroxylation sites is 2. The van der Waals surface area contributed by atoms with Gasteiger partial charge in [-0.1, -0.05) is 12.1 Å². The van der Waals surface area contributed by atoms with E-state index in [1.807, 2.05) is 6.92 Å². The van der Waals surface area contributed by atoms with Crippen LogP contribution in [-0.4, -0.2) is 56.9 Å². The topological polar surface area (TPSA) is 77.8 Å². The van der Waals surface area contributed by atoms with E-state index in [1.54, 1.807) is 40.1 Å². The van der Waals surface area contributed by atoms with Gasteiger partial charge in [0.1, 0.15) is 5.75 Å². The van der Waals surface area contributed by atoms with E-state index in [0.717, 1.165) is 6.07 Å². The highest BCUT2D eigenvalue weighted by Gasteiger charge is 2.36. The Bertz CT molecular complexity index is 1020. The number of nitrogens with one attached hydrogen (secondary N) is 1. The summed E-state index contributed by atoms with van der Waals surface area (Å²) in [5.41, 5.74) is -0.529. The molecule has 0 bridgehead atoms. The van der Waals surface area contributed by atoms with Crippen LogP contribution in [0.25, 0.3) is 0 Å². The van der Waals surface area contributed by atoms with Crippen molar-refractivity contribution in [2.75, 3.05) is 50.2 Å². The molecule has 3 rings (SSSR count). The first-order chi connectivity index (χ1) is 15.8. The molecular weight excluding hydrogens is 437 g/mol. The second-order valence-electron chi connectivity index (χ2n) is 7.45. The van der Waals surface area contributed by atoms with E-state index >= 15 is 0 Å². The van der Waals surface area contributed by atoms with Crippen molar-refractivity contribution >= 4 is 17.4 Å². The molecule has 2 aromatic rings. The van der Waals surface area contributed by atoms with Crippen molar-refractivity contribution in [3.05, 3.63) is 53.6 Å². The third-order valence-electron chi connectivity index (χ3n) is 5.33. The Hall–Kier alpha value is -3.45. The van der Waals surface area contributed by atoms with Gasteiger partial charge in [0, 0.05) is 32.4 Å². The lowest BCUT2D eigenvalue weighted by Gasteiger charge is -2.42. The average molecular weight is 462 g/mol. The van der Waals surface area contributed by atoms with Crippen molar-refractivity contribution in [3.63, 3.8) is 0 Å². The fraction of sp³-hybridized carbons (Fsp3) is 0.391. The van der Waals surface area contributed by atoms with Crippen molar-refractivity contribution in [3.8, 4) is 11.8 Å². The summed E-state index contributed by atoms with van der Waals surface area (Å²) in [6, 6.07) is 11.6. The number of alkyl halides is 3. The van der Waals surface area contributed by atoms with Crippen LogP contribution in [0.5, 0.6) is 5.75 Å². The third-order valence-corrected chi connectivity index (χ3v) is 5.33. The molecule has 1 aliphatic rings. The number of hydrogen-bond donors (Lipinski definition) is 1. The predicted octanol–water partition coefficient (Wildman–Crippen LogP) is 4.34. The highest BCUT2D eigenvalue weighted by Crippen LogP contribution is 2.35. The number of carbonyl (C=O) groups is 1. The first-order valence-corrected chi connectivity index (χ1v) is 10.4. The summed E-state index contributed by atoms with van der Waals surface area (Å²) in [6.45, 7) is 3.38. The van der Waals surface area contributed by atoms with E-state index in [0.29, 0.717) is 30.3 Å². The van der Waals surface area contributed by atoms with Gasteiger partial charge in [0.2, 0.25) is 0 Å². The number of hydrogen-bond acceptors (Lipinski definition) is 5. The Morgan fingerprint density at radius 3 is 2.67 bits per heavy atom. The van der Waals surface area contributed by atoms with E-state index in [1.165, 1.54) is 19.2 Å². The van der Waals surface area contributed by atoms with Gasteiger partial charge in [-0.2, -0.15) is 18.4 Å². The second kappa shape index (κ2) is 10.4. The summed E-state index contributed by atoms with van der Waals surface area (Å²) in [4.78, 5) is 16.4.